The maximum absolute atomic E-state index is 10.7. The van der Waals surface area contributed by atoms with Gasteiger partial charge in [-0.2, -0.15) is 0 Å². The van der Waals surface area contributed by atoms with Gasteiger partial charge in [0.25, 0.3) is 0 Å². The van der Waals surface area contributed by atoms with Crippen molar-refractivity contribution in [2.45, 2.75) is 25.7 Å². The van der Waals surface area contributed by atoms with Crippen molar-refractivity contribution in [1.82, 2.24) is 5.32 Å². The average molecular weight is 171 g/mol. The van der Waals surface area contributed by atoms with Gasteiger partial charge in [0.05, 0.1) is 13.5 Å². The molecule has 1 fully saturated rings. The van der Waals surface area contributed by atoms with Gasteiger partial charge in [-0.05, 0) is 18.9 Å². The van der Waals surface area contributed by atoms with Crippen molar-refractivity contribution in [1.29, 1.82) is 0 Å². The minimum atomic E-state index is -0.131. The Hall–Kier alpha value is -0.570. The van der Waals surface area contributed by atoms with Crippen LogP contribution in [0.3, 0.4) is 0 Å². The molecule has 70 valence electrons. The standard InChI is InChI=1S/C9H17NO2/c1-12-9(11)5-7-10-6-4-8-2-3-8/h8,10H,2-7H2,1H3. The van der Waals surface area contributed by atoms with Crippen LogP contribution in [-0.2, 0) is 9.53 Å². The predicted molar refractivity (Wildman–Crippen MR) is 46.8 cm³/mol. The van der Waals surface area contributed by atoms with E-state index in [9.17, 15) is 4.79 Å². The molecule has 1 N–H and O–H groups in total. The molecule has 3 nitrogen and oxygen atoms in total. The zero-order valence-electron chi connectivity index (χ0n) is 7.64. The summed E-state index contributed by atoms with van der Waals surface area (Å²) in [6.45, 7) is 1.79. The first-order valence-corrected chi connectivity index (χ1v) is 4.60. The first-order valence-electron chi connectivity index (χ1n) is 4.60. The summed E-state index contributed by atoms with van der Waals surface area (Å²) < 4.78 is 4.51. The molecule has 0 aliphatic heterocycles. The van der Waals surface area contributed by atoms with Crippen LogP contribution in [0.25, 0.3) is 0 Å². The van der Waals surface area contributed by atoms with E-state index in [1.54, 1.807) is 0 Å². The Morgan fingerprint density at radius 2 is 2.25 bits per heavy atom. The highest BCUT2D eigenvalue weighted by atomic mass is 16.5. The van der Waals surface area contributed by atoms with E-state index in [4.69, 9.17) is 0 Å². The fourth-order valence-corrected chi connectivity index (χ4v) is 1.13. The number of esters is 1. The topological polar surface area (TPSA) is 38.3 Å². The molecule has 0 atom stereocenters. The van der Waals surface area contributed by atoms with Crippen LogP contribution in [0, 0.1) is 5.92 Å². The van der Waals surface area contributed by atoms with Crippen LogP contribution in [0.4, 0.5) is 0 Å². The van der Waals surface area contributed by atoms with Gasteiger partial charge >= 0.3 is 5.97 Å². The Balaban J connectivity index is 1.78. The zero-order chi connectivity index (χ0) is 8.81. The number of nitrogens with one attached hydrogen (secondary N) is 1. The number of methoxy groups -OCH3 is 1. The SMILES string of the molecule is COC(=O)CCNCCC1CC1. The van der Waals surface area contributed by atoms with E-state index in [2.05, 4.69) is 10.1 Å². The van der Waals surface area contributed by atoms with E-state index < -0.39 is 0 Å². The van der Waals surface area contributed by atoms with Gasteiger partial charge in [-0.15, -0.1) is 0 Å². The van der Waals surface area contributed by atoms with Crippen molar-refractivity contribution >= 4 is 5.97 Å². The van der Waals surface area contributed by atoms with Gasteiger partial charge in [-0.25, -0.2) is 0 Å². The molecule has 0 amide bonds. The third-order valence-corrected chi connectivity index (χ3v) is 2.16. The van der Waals surface area contributed by atoms with Crippen molar-refractivity contribution in [3.05, 3.63) is 0 Å². The van der Waals surface area contributed by atoms with Crippen LogP contribution in [0.2, 0.25) is 0 Å². The highest BCUT2D eigenvalue weighted by Gasteiger charge is 2.19. The van der Waals surface area contributed by atoms with Gasteiger partial charge in [0.15, 0.2) is 0 Å². The smallest absolute Gasteiger partial charge is 0.306 e. The molecule has 0 aromatic carbocycles. The van der Waals surface area contributed by atoms with Gasteiger partial charge < -0.3 is 10.1 Å². The van der Waals surface area contributed by atoms with Gasteiger partial charge in [0, 0.05) is 6.54 Å². The molecule has 1 rings (SSSR count). The number of hydrogen-bond acceptors (Lipinski definition) is 3. The van der Waals surface area contributed by atoms with Crippen molar-refractivity contribution in [3.63, 3.8) is 0 Å². The van der Waals surface area contributed by atoms with Crippen LogP contribution in [0.5, 0.6) is 0 Å². The lowest BCUT2D eigenvalue weighted by Gasteiger charge is -2.02. The zero-order valence-corrected chi connectivity index (χ0v) is 7.64. The second-order valence-corrected chi connectivity index (χ2v) is 3.31. The molecule has 1 saturated carbocycles. The van der Waals surface area contributed by atoms with Crippen LogP contribution < -0.4 is 5.32 Å². The van der Waals surface area contributed by atoms with Gasteiger partial charge in [-0.1, -0.05) is 12.8 Å². The molecular weight excluding hydrogens is 154 g/mol. The lowest BCUT2D eigenvalue weighted by Crippen LogP contribution is -2.20. The van der Waals surface area contributed by atoms with Crippen molar-refractivity contribution < 1.29 is 9.53 Å². The maximum atomic E-state index is 10.7. The van der Waals surface area contributed by atoms with Crippen molar-refractivity contribution in [3.8, 4) is 0 Å². The summed E-state index contributed by atoms with van der Waals surface area (Å²) in [6.07, 6.45) is 4.56. The molecular formula is C9H17NO2. The fraction of sp³-hybridized carbons (Fsp3) is 0.889. The second-order valence-electron chi connectivity index (χ2n) is 3.31. The highest BCUT2D eigenvalue weighted by Crippen LogP contribution is 2.31. The predicted octanol–water partition coefficient (Wildman–Crippen LogP) is 0.939. The van der Waals surface area contributed by atoms with E-state index in [-0.39, 0.29) is 5.97 Å². The average Bonchev–Trinajstić information content (AvgIpc) is 2.87. The largest absolute Gasteiger partial charge is 0.469 e. The van der Waals surface area contributed by atoms with E-state index in [1.807, 2.05) is 0 Å². The fourth-order valence-electron chi connectivity index (χ4n) is 1.13. The monoisotopic (exact) mass is 171 g/mol. The summed E-state index contributed by atoms with van der Waals surface area (Å²) in [5, 5.41) is 3.22. The molecule has 0 unspecified atom stereocenters. The quantitative estimate of drug-likeness (QED) is 0.477. The minimum absolute atomic E-state index is 0.131. The van der Waals surface area contributed by atoms with Crippen molar-refractivity contribution in [2.24, 2.45) is 5.92 Å². The molecule has 1 aliphatic carbocycles. The number of rotatable bonds is 6. The molecule has 0 radical (unpaired) electrons. The lowest BCUT2D eigenvalue weighted by molar-refractivity contribution is -0.140. The van der Waals surface area contributed by atoms with E-state index in [1.165, 1.54) is 26.4 Å². The summed E-state index contributed by atoms with van der Waals surface area (Å²) in [4.78, 5) is 10.7. The first-order chi connectivity index (χ1) is 5.83. The normalized spacial score (nSPS) is 16.1. The van der Waals surface area contributed by atoms with Crippen LogP contribution in [0.15, 0.2) is 0 Å². The summed E-state index contributed by atoms with van der Waals surface area (Å²) in [7, 11) is 1.42. The molecule has 0 aromatic heterocycles. The molecule has 0 heterocycles. The van der Waals surface area contributed by atoms with E-state index in [0.29, 0.717) is 6.42 Å². The summed E-state index contributed by atoms with van der Waals surface area (Å²) >= 11 is 0. The number of carbonyl (C=O) groups is 1. The number of ether oxygens (including phenoxy) is 1. The van der Waals surface area contributed by atoms with E-state index in [0.717, 1.165) is 19.0 Å². The highest BCUT2D eigenvalue weighted by molar-refractivity contribution is 5.69. The van der Waals surface area contributed by atoms with Crippen LogP contribution in [-0.4, -0.2) is 26.2 Å². The molecule has 0 spiro atoms. The molecule has 3 heteroatoms. The molecule has 12 heavy (non-hydrogen) atoms. The number of carbonyl (C=O) groups excluding carboxylic acids is 1. The molecule has 0 bridgehead atoms. The Morgan fingerprint density at radius 3 is 2.83 bits per heavy atom. The van der Waals surface area contributed by atoms with Gasteiger partial charge in [-0.3, -0.25) is 4.79 Å². The minimum Gasteiger partial charge on any atom is -0.469 e. The van der Waals surface area contributed by atoms with Gasteiger partial charge in [0.2, 0.25) is 0 Å². The first kappa shape index (κ1) is 9.52. The second kappa shape index (κ2) is 5.14. The molecule has 0 saturated heterocycles. The van der Waals surface area contributed by atoms with E-state index >= 15 is 0 Å². The maximum Gasteiger partial charge on any atom is 0.306 e. The Morgan fingerprint density at radius 1 is 1.50 bits per heavy atom. The lowest BCUT2D eigenvalue weighted by atomic mass is 10.3. The Bertz CT molecular complexity index is 143. The summed E-state index contributed by atoms with van der Waals surface area (Å²) in [5.41, 5.74) is 0. The van der Waals surface area contributed by atoms with Crippen LogP contribution >= 0.6 is 0 Å². The van der Waals surface area contributed by atoms with Crippen LogP contribution in [0.1, 0.15) is 25.7 Å². The summed E-state index contributed by atoms with van der Waals surface area (Å²) in [5.74, 6) is 0.838. The van der Waals surface area contributed by atoms with Gasteiger partial charge in [0.1, 0.15) is 0 Å². The Kier molecular flexibility index (Phi) is 4.08. The van der Waals surface area contributed by atoms with Crippen molar-refractivity contribution in [2.75, 3.05) is 20.2 Å². The third kappa shape index (κ3) is 4.34. The Labute approximate surface area is 73.5 Å². The summed E-state index contributed by atoms with van der Waals surface area (Å²) in [6, 6.07) is 0. The third-order valence-electron chi connectivity index (χ3n) is 2.16. The molecule has 0 aromatic rings. The molecule has 1 aliphatic rings. The number of hydrogen-bond donors (Lipinski definition) is 1.